The van der Waals surface area contributed by atoms with Crippen molar-refractivity contribution < 1.29 is 14.3 Å². The van der Waals surface area contributed by atoms with Crippen LogP contribution in [-0.4, -0.2) is 30.4 Å². The van der Waals surface area contributed by atoms with Crippen molar-refractivity contribution in [3.05, 3.63) is 100 Å². The number of nitrogens with one attached hydrogen (secondary N) is 1. The molecule has 32 heavy (non-hydrogen) atoms. The zero-order chi connectivity index (χ0) is 22.5. The third-order valence-electron chi connectivity index (χ3n) is 4.99. The number of benzene rings is 3. The number of carbonyl (C=O) groups is 2. The Balaban J connectivity index is 1.60. The Morgan fingerprint density at radius 2 is 1.59 bits per heavy atom. The fourth-order valence-electron chi connectivity index (χ4n) is 3.29. The molecule has 0 saturated heterocycles. The first-order valence-corrected chi connectivity index (χ1v) is 11.2. The number of ether oxygens (including phenoxy) is 1. The van der Waals surface area contributed by atoms with E-state index in [-0.39, 0.29) is 17.5 Å². The molecule has 3 aromatic carbocycles. The van der Waals surface area contributed by atoms with Crippen molar-refractivity contribution in [1.29, 1.82) is 0 Å². The molecule has 0 aromatic heterocycles. The fourth-order valence-corrected chi connectivity index (χ4v) is 4.36. The van der Waals surface area contributed by atoms with E-state index in [1.807, 2.05) is 42.5 Å². The van der Waals surface area contributed by atoms with Crippen LogP contribution < -0.4 is 10.1 Å². The van der Waals surface area contributed by atoms with Crippen molar-refractivity contribution >= 4 is 40.9 Å². The van der Waals surface area contributed by atoms with Crippen LogP contribution >= 0.6 is 23.4 Å². The predicted octanol–water partition coefficient (Wildman–Crippen LogP) is 5.38. The Bertz CT molecular complexity index is 1150. The van der Waals surface area contributed by atoms with Crippen LogP contribution in [0, 0.1) is 0 Å². The number of thioether (sulfide) groups is 1. The van der Waals surface area contributed by atoms with Gasteiger partial charge in [0.2, 0.25) is 0 Å². The van der Waals surface area contributed by atoms with E-state index in [2.05, 4.69) is 5.32 Å². The largest absolute Gasteiger partial charge is 0.497 e. The molecule has 1 heterocycles. The van der Waals surface area contributed by atoms with Gasteiger partial charge in [0.25, 0.3) is 11.8 Å². The Morgan fingerprint density at radius 3 is 2.25 bits per heavy atom. The second-order valence-corrected chi connectivity index (χ2v) is 8.63. The van der Waals surface area contributed by atoms with Crippen molar-refractivity contribution in [2.45, 2.75) is 11.3 Å². The highest BCUT2D eigenvalue weighted by atomic mass is 35.5. The van der Waals surface area contributed by atoms with Crippen molar-refractivity contribution in [3.8, 4) is 5.75 Å². The molecule has 0 unspecified atom stereocenters. The number of hydrogen-bond donors (Lipinski definition) is 1. The van der Waals surface area contributed by atoms with Crippen LogP contribution in [0.3, 0.4) is 0 Å². The lowest BCUT2D eigenvalue weighted by Crippen LogP contribution is -2.34. The Labute approximate surface area is 196 Å². The van der Waals surface area contributed by atoms with E-state index in [4.69, 9.17) is 16.3 Å². The van der Waals surface area contributed by atoms with E-state index < -0.39 is 0 Å². The molecule has 4 rings (SSSR count). The number of halogens is 1. The average molecular weight is 465 g/mol. The van der Waals surface area contributed by atoms with Gasteiger partial charge in [0.15, 0.2) is 0 Å². The molecule has 0 atom stereocenters. The molecule has 5 nitrogen and oxygen atoms in total. The molecule has 2 amide bonds. The minimum absolute atomic E-state index is 0.271. The normalized spacial score (nSPS) is 13.6. The van der Waals surface area contributed by atoms with Crippen LogP contribution in [0.15, 0.2) is 94.4 Å². The maximum atomic E-state index is 13.2. The summed E-state index contributed by atoms with van der Waals surface area (Å²) in [5, 5.41) is 3.76. The van der Waals surface area contributed by atoms with Crippen LogP contribution in [0.1, 0.15) is 5.56 Å². The first-order valence-electron chi connectivity index (χ1n) is 10.0. The van der Waals surface area contributed by atoms with E-state index in [0.717, 1.165) is 10.5 Å². The lowest BCUT2D eigenvalue weighted by atomic mass is 10.1. The highest BCUT2D eigenvalue weighted by Crippen LogP contribution is 2.36. The fraction of sp³-hybridized carbons (Fsp3) is 0.120. The lowest BCUT2D eigenvalue weighted by Gasteiger charge is -2.15. The van der Waals surface area contributed by atoms with E-state index >= 15 is 0 Å². The number of amides is 2. The molecular formula is C25H21ClN2O3S. The van der Waals surface area contributed by atoms with Gasteiger partial charge in [-0.05, 0) is 60.5 Å². The molecule has 0 aliphatic carbocycles. The van der Waals surface area contributed by atoms with Crippen molar-refractivity contribution in [1.82, 2.24) is 4.90 Å². The minimum Gasteiger partial charge on any atom is -0.497 e. The van der Waals surface area contributed by atoms with Crippen LogP contribution in [0.25, 0.3) is 0 Å². The smallest absolute Gasteiger partial charge is 0.278 e. The number of carbonyl (C=O) groups excluding carboxylic acids is 2. The number of nitrogens with zero attached hydrogens (tertiary/aromatic N) is 1. The molecule has 0 fully saturated rings. The van der Waals surface area contributed by atoms with Crippen LogP contribution in [-0.2, 0) is 16.0 Å². The van der Waals surface area contributed by atoms with Crippen molar-refractivity contribution in [2.75, 3.05) is 19.0 Å². The monoisotopic (exact) mass is 464 g/mol. The molecule has 0 radical (unpaired) electrons. The number of methoxy groups -OCH3 is 1. The first kappa shape index (κ1) is 22.0. The third-order valence-corrected chi connectivity index (χ3v) is 6.33. The van der Waals surface area contributed by atoms with Crippen molar-refractivity contribution in [3.63, 3.8) is 0 Å². The maximum absolute atomic E-state index is 13.2. The van der Waals surface area contributed by atoms with Gasteiger partial charge in [0.1, 0.15) is 16.4 Å². The summed E-state index contributed by atoms with van der Waals surface area (Å²) in [7, 11) is 1.59. The second kappa shape index (κ2) is 9.94. The summed E-state index contributed by atoms with van der Waals surface area (Å²) in [6, 6.07) is 24.2. The summed E-state index contributed by atoms with van der Waals surface area (Å²) in [5.74, 6) is 0.0683. The van der Waals surface area contributed by atoms with Crippen molar-refractivity contribution in [2.24, 2.45) is 0 Å². The average Bonchev–Trinajstić information content (AvgIpc) is 3.04. The summed E-state index contributed by atoms with van der Waals surface area (Å²) in [6.07, 6.45) is 0.590. The molecule has 162 valence electrons. The lowest BCUT2D eigenvalue weighted by molar-refractivity contribution is -0.137. The summed E-state index contributed by atoms with van der Waals surface area (Å²) < 4.78 is 5.19. The molecule has 1 N–H and O–H groups in total. The zero-order valence-corrected chi connectivity index (χ0v) is 19.0. The highest BCUT2D eigenvalue weighted by Gasteiger charge is 2.38. The van der Waals surface area contributed by atoms with Gasteiger partial charge in [-0.25, -0.2) is 0 Å². The molecule has 3 aromatic rings. The van der Waals surface area contributed by atoms with Gasteiger partial charge >= 0.3 is 0 Å². The minimum atomic E-state index is -0.335. The standard InChI is InChI=1S/C25H21ClN2O3S/c1-31-20-11-9-19(10-12-20)27-22-23(32-21-13-7-18(26)8-14-21)25(30)28(24(22)29)16-15-17-5-3-2-4-6-17/h2-14,27H,15-16H2,1H3. The van der Waals surface area contributed by atoms with E-state index in [0.29, 0.717) is 34.3 Å². The van der Waals surface area contributed by atoms with Crippen LogP contribution in [0.4, 0.5) is 5.69 Å². The van der Waals surface area contributed by atoms with E-state index in [1.165, 1.54) is 16.7 Å². The van der Waals surface area contributed by atoms with Gasteiger partial charge in [0, 0.05) is 22.2 Å². The molecule has 0 bridgehead atoms. The van der Waals surface area contributed by atoms with E-state index in [1.54, 1.807) is 43.5 Å². The predicted molar refractivity (Wildman–Crippen MR) is 128 cm³/mol. The second-order valence-electron chi connectivity index (χ2n) is 7.11. The van der Waals surface area contributed by atoms with Gasteiger partial charge < -0.3 is 10.1 Å². The van der Waals surface area contributed by atoms with Gasteiger partial charge in [-0.15, -0.1) is 0 Å². The maximum Gasteiger partial charge on any atom is 0.278 e. The quantitative estimate of drug-likeness (QED) is 0.454. The Kier molecular flexibility index (Phi) is 6.83. The first-order chi connectivity index (χ1) is 15.5. The summed E-state index contributed by atoms with van der Waals surface area (Å²) in [5.41, 5.74) is 2.03. The van der Waals surface area contributed by atoms with Gasteiger partial charge in [-0.1, -0.05) is 53.7 Å². The molecular weight excluding hydrogens is 444 g/mol. The molecule has 1 aliphatic rings. The van der Waals surface area contributed by atoms with Crippen LogP contribution in [0.5, 0.6) is 5.75 Å². The molecule has 0 saturated carbocycles. The van der Waals surface area contributed by atoms with Gasteiger partial charge in [0.05, 0.1) is 7.11 Å². The SMILES string of the molecule is COc1ccc(NC2=C(Sc3ccc(Cl)cc3)C(=O)N(CCc3ccccc3)C2=O)cc1. The number of imide groups is 1. The Morgan fingerprint density at radius 1 is 0.906 bits per heavy atom. The summed E-state index contributed by atoms with van der Waals surface area (Å²) in [4.78, 5) is 29.0. The molecule has 7 heteroatoms. The molecule has 0 spiro atoms. The summed E-state index contributed by atoms with van der Waals surface area (Å²) in [6.45, 7) is 0.306. The topological polar surface area (TPSA) is 58.6 Å². The van der Waals surface area contributed by atoms with Gasteiger partial charge in [-0.3, -0.25) is 14.5 Å². The molecule has 1 aliphatic heterocycles. The number of rotatable bonds is 8. The highest BCUT2D eigenvalue weighted by molar-refractivity contribution is 8.04. The number of hydrogen-bond acceptors (Lipinski definition) is 5. The summed E-state index contributed by atoms with van der Waals surface area (Å²) >= 11 is 7.24. The Hall–Kier alpha value is -3.22. The van der Waals surface area contributed by atoms with E-state index in [9.17, 15) is 9.59 Å². The van der Waals surface area contributed by atoms with Crippen LogP contribution in [0.2, 0.25) is 5.02 Å². The zero-order valence-electron chi connectivity index (χ0n) is 17.4. The third kappa shape index (κ3) is 4.98. The van der Waals surface area contributed by atoms with Gasteiger partial charge in [-0.2, -0.15) is 0 Å². The number of anilines is 1.